The fourth-order valence-corrected chi connectivity index (χ4v) is 9.98. The van der Waals surface area contributed by atoms with Crippen LogP contribution in [0.3, 0.4) is 0 Å². The molecule has 2 rings (SSSR count). The molecule has 0 unspecified atom stereocenters. The minimum atomic E-state index is -2.34. The van der Waals surface area contributed by atoms with Gasteiger partial charge < -0.3 is 32.7 Å². The normalized spacial score (nSPS) is 17.1. The summed E-state index contributed by atoms with van der Waals surface area (Å²) in [6.45, 7) is 39.5. The highest BCUT2D eigenvalue weighted by atomic mass is 28.4. The molecule has 0 N–H and O–H groups in total. The van der Waals surface area contributed by atoms with E-state index in [4.69, 9.17) is 27.8 Å². The molecule has 59 heavy (non-hydrogen) atoms. The number of methoxy groups -OCH3 is 2. The van der Waals surface area contributed by atoms with Crippen LogP contribution in [0, 0.1) is 29.6 Å². The van der Waals surface area contributed by atoms with Gasteiger partial charge in [0.15, 0.2) is 16.6 Å². The van der Waals surface area contributed by atoms with E-state index in [2.05, 4.69) is 108 Å². The summed E-state index contributed by atoms with van der Waals surface area (Å²) >= 11 is 0. The van der Waals surface area contributed by atoms with Crippen molar-refractivity contribution in [2.24, 2.45) is 29.6 Å². The van der Waals surface area contributed by atoms with Crippen molar-refractivity contribution in [3.8, 4) is 11.5 Å². The second-order valence-electron chi connectivity index (χ2n) is 20.0. The molecule has 8 nitrogen and oxygen atoms in total. The Morgan fingerprint density at radius 3 is 1.61 bits per heavy atom. The first-order chi connectivity index (χ1) is 27.3. The first-order valence-electron chi connectivity index (χ1n) is 21.6. The van der Waals surface area contributed by atoms with E-state index < -0.39 is 22.6 Å². The van der Waals surface area contributed by atoms with E-state index in [1.807, 2.05) is 73.5 Å². The van der Waals surface area contributed by atoms with Crippen LogP contribution in [0.25, 0.3) is 0 Å². The molecule has 0 bridgehead atoms. The van der Waals surface area contributed by atoms with Gasteiger partial charge in [0.2, 0.25) is 5.91 Å². The maximum atomic E-state index is 14.8. The van der Waals surface area contributed by atoms with Crippen LogP contribution in [-0.4, -0.2) is 80.2 Å². The highest BCUT2D eigenvalue weighted by Gasteiger charge is 2.46. The molecule has 2 aromatic carbocycles. The summed E-state index contributed by atoms with van der Waals surface area (Å²) in [6, 6.07) is 16.0. The number of rotatable bonds is 24. The molecular formula is C49H83NO7Si2. The second-order valence-corrected chi connectivity index (χ2v) is 29.5. The number of amides is 1. The summed E-state index contributed by atoms with van der Waals surface area (Å²) in [4.78, 5) is 16.7. The molecule has 2 aromatic rings. The van der Waals surface area contributed by atoms with Crippen LogP contribution in [0.1, 0.15) is 87.3 Å². The van der Waals surface area contributed by atoms with Gasteiger partial charge >= 0.3 is 0 Å². The highest BCUT2D eigenvalue weighted by Crippen LogP contribution is 2.42. The van der Waals surface area contributed by atoms with Gasteiger partial charge in [0.25, 0.3) is 0 Å². The quantitative estimate of drug-likeness (QED) is 0.0769. The van der Waals surface area contributed by atoms with Crippen LogP contribution in [0.4, 0.5) is 0 Å². The van der Waals surface area contributed by atoms with E-state index >= 15 is 0 Å². The van der Waals surface area contributed by atoms with Gasteiger partial charge in [-0.1, -0.05) is 125 Å². The molecule has 0 spiro atoms. The molecule has 0 aliphatic heterocycles. The second kappa shape index (κ2) is 22.9. The van der Waals surface area contributed by atoms with Gasteiger partial charge in [0.05, 0.1) is 58.3 Å². The lowest BCUT2D eigenvalue weighted by atomic mass is 9.83. The molecule has 0 aliphatic carbocycles. The number of hydrogen-bond acceptors (Lipinski definition) is 7. The van der Waals surface area contributed by atoms with E-state index in [9.17, 15) is 4.79 Å². The Morgan fingerprint density at radius 1 is 0.712 bits per heavy atom. The van der Waals surface area contributed by atoms with Crippen molar-refractivity contribution < 1.29 is 32.6 Å². The predicted octanol–water partition coefficient (Wildman–Crippen LogP) is 12.0. The van der Waals surface area contributed by atoms with Crippen molar-refractivity contribution in [3.05, 3.63) is 84.5 Å². The standard InChI is InChI=1S/C49H83NO7Si2/c1-20-21-22-35(2)45(55-34-41-25-29-43(53-15)30-26-41)38(5)46(57-59(18,19)49(10,11)12)39(6)47(51)50(13)31-36(3)44(56-58(16,17)48(7,8)9)37(4)32-54-33-40-23-27-42(52-14)28-24-40/h20-30,35-39,44-46H,1,31-34H2,2-19H3/b22-21-/t35-,36-,37-,38+,39+,44+,45-,46-/m0/s1. The molecule has 10 heteroatoms. The van der Waals surface area contributed by atoms with Crippen molar-refractivity contribution >= 4 is 22.5 Å². The van der Waals surface area contributed by atoms with Crippen molar-refractivity contribution in [2.75, 3.05) is 34.4 Å². The van der Waals surface area contributed by atoms with E-state index in [0.29, 0.717) is 26.4 Å². The number of carbonyl (C=O) groups excluding carboxylic acids is 1. The molecule has 334 valence electrons. The summed E-state index contributed by atoms with van der Waals surface area (Å²) in [7, 11) is 0.763. The third-order valence-electron chi connectivity index (χ3n) is 12.9. The lowest BCUT2D eigenvalue weighted by Crippen LogP contribution is -2.53. The minimum absolute atomic E-state index is 0.0271. The van der Waals surface area contributed by atoms with Crippen molar-refractivity contribution in [1.82, 2.24) is 4.90 Å². The number of carbonyl (C=O) groups is 1. The molecule has 0 heterocycles. The van der Waals surface area contributed by atoms with Gasteiger partial charge in [0.1, 0.15) is 11.5 Å². The summed E-state index contributed by atoms with van der Waals surface area (Å²) in [5, 5.41) is -0.0266. The zero-order valence-corrected chi connectivity index (χ0v) is 42.3. The van der Waals surface area contributed by atoms with Crippen molar-refractivity contribution in [3.63, 3.8) is 0 Å². The lowest BCUT2D eigenvalue weighted by molar-refractivity contribution is -0.141. The fraction of sp³-hybridized carbons (Fsp3) is 0.653. The summed E-state index contributed by atoms with van der Waals surface area (Å²) in [5.74, 6) is 1.33. The molecule has 0 radical (unpaired) electrons. The maximum absolute atomic E-state index is 14.8. The van der Waals surface area contributed by atoms with Gasteiger partial charge in [-0.25, -0.2) is 0 Å². The van der Waals surface area contributed by atoms with Crippen molar-refractivity contribution in [2.45, 2.75) is 144 Å². The van der Waals surface area contributed by atoms with E-state index in [1.54, 1.807) is 20.3 Å². The van der Waals surface area contributed by atoms with E-state index in [0.717, 1.165) is 22.6 Å². The smallest absolute Gasteiger partial charge is 0.227 e. The van der Waals surface area contributed by atoms with Crippen molar-refractivity contribution in [1.29, 1.82) is 0 Å². The third-order valence-corrected chi connectivity index (χ3v) is 21.9. The Labute approximate surface area is 362 Å². The first kappa shape index (κ1) is 52.4. The number of nitrogens with zero attached hydrogens (tertiary/aromatic N) is 1. The van der Waals surface area contributed by atoms with Crippen LogP contribution in [0.5, 0.6) is 11.5 Å². The number of ether oxygens (including phenoxy) is 4. The number of benzene rings is 2. The van der Waals surface area contributed by atoms with Crippen LogP contribution in [0.15, 0.2) is 73.3 Å². The maximum Gasteiger partial charge on any atom is 0.227 e. The van der Waals surface area contributed by atoms with E-state index in [1.165, 1.54) is 0 Å². The molecule has 0 saturated carbocycles. The largest absolute Gasteiger partial charge is 0.497 e. The Hall–Kier alpha value is -2.74. The Balaban J connectivity index is 2.43. The average molecular weight is 854 g/mol. The Kier molecular flexibility index (Phi) is 20.4. The van der Waals surface area contributed by atoms with E-state index in [-0.39, 0.29) is 58.0 Å². The van der Waals surface area contributed by atoms with Gasteiger partial charge in [-0.3, -0.25) is 4.79 Å². The average Bonchev–Trinajstić information content (AvgIpc) is 3.17. The zero-order chi connectivity index (χ0) is 44.9. The highest BCUT2D eigenvalue weighted by molar-refractivity contribution is 6.74. The summed E-state index contributed by atoms with van der Waals surface area (Å²) < 4.78 is 38.4. The molecule has 0 aromatic heterocycles. The van der Waals surface area contributed by atoms with Crippen LogP contribution >= 0.6 is 0 Å². The first-order valence-corrected chi connectivity index (χ1v) is 27.5. The Morgan fingerprint density at radius 2 is 1.17 bits per heavy atom. The molecule has 0 aliphatic rings. The van der Waals surface area contributed by atoms with Crippen LogP contribution in [0.2, 0.25) is 36.3 Å². The SMILES string of the molecule is C=C/C=C\[C@H](C)[C@H](OCc1ccc(OC)cc1)[C@@H](C)[C@H](O[Si](C)(C)C(C)(C)C)[C@@H](C)C(=O)N(C)C[C@H](C)[C@@H](O[Si](C)(C)C(C)(C)C)[C@@H](C)COCc1ccc(OC)cc1. The lowest BCUT2D eigenvalue weighted by Gasteiger charge is -2.45. The molecule has 1 amide bonds. The molecule has 0 saturated heterocycles. The monoisotopic (exact) mass is 854 g/mol. The summed E-state index contributed by atoms with van der Waals surface area (Å²) in [5.41, 5.74) is 2.15. The molecule has 0 fully saturated rings. The van der Waals surface area contributed by atoms with Crippen LogP contribution < -0.4 is 9.47 Å². The summed E-state index contributed by atoms with van der Waals surface area (Å²) in [6.07, 6.45) is 5.18. The minimum Gasteiger partial charge on any atom is -0.497 e. The predicted molar refractivity (Wildman–Crippen MR) is 251 cm³/mol. The fourth-order valence-electron chi connectivity index (χ4n) is 7.03. The zero-order valence-electron chi connectivity index (χ0n) is 40.3. The third kappa shape index (κ3) is 15.6. The van der Waals surface area contributed by atoms with Gasteiger partial charge in [-0.05, 0) is 77.6 Å². The molecule has 8 atom stereocenters. The van der Waals surface area contributed by atoms with Gasteiger partial charge in [0, 0.05) is 31.3 Å². The van der Waals surface area contributed by atoms with Gasteiger partial charge in [-0.15, -0.1) is 0 Å². The van der Waals surface area contributed by atoms with Gasteiger partial charge in [-0.2, -0.15) is 0 Å². The Bertz CT molecular complexity index is 1580. The topological polar surface area (TPSA) is 75.7 Å². The van der Waals surface area contributed by atoms with Crippen LogP contribution in [-0.2, 0) is 36.3 Å². The molecular weight excluding hydrogens is 771 g/mol. The number of allylic oxidation sites excluding steroid dienone is 2. The number of hydrogen-bond donors (Lipinski definition) is 0.